The first-order valence-electron chi connectivity index (χ1n) is 3.94. The molecule has 2 atom stereocenters. The second kappa shape index (κ2) is 4.54. The van der Waals surface area contributed by atoms with Crippen molar-refractivity contribution in [2.75, 3.05) is 0 Å². The third-order valence-electron chi connectivity index (χ3n) is 1.83. The topological polar surface area (TPSA) is 83.5 Å². The third kappa shape index (κ3) is 2.54. The molecule has 0 fully saturated rings. The first-order valence-corrected chi connectivity index (χ1v) is 4.73. The number of carboxylic acids is 1. The fourth-order valence-electron chi connectivity index (χ4n) is 1.05. The molecule has 0 aliphatic carbocycles. The molecule has 0 saturated heterocycles. The molecular formula is C9H10BrNO3. The highest BCUT2D eigenvalue weighted by Gasteiger charge is 2.23. The summed E-state index contributed by atoms with van der Waals surface area (Å²) >= 11 is 3.23. The van der Waals surface area contributed by atoms with Crippen molar-refractivity contribution in [3.63, 3.8) is 0 Å². The van der Waals surface area contributed by atoms with Crippen molar-refractivity contribution in [3.8, 4) is 0 Å². The largest absolute Gasteiger partial charge is 0.479 e. The van der Waals surface area contributed by atoms with Gasteiger partial charge < -0.3 is 15.9 Å². The lowest BCUT2D eigenvalue weighted by Gasteiger charge is -2.15. The number of halogens is 1. The Hall–Kier alpha value is -0.910. The van der Waals surface area contributed by atoms with E-state index in [1.165, 1.54) is 0 Å². The number of aliphatic carboxylic acids is 1. The Morgan fingerprint density at radius 3 is 2.64 bits per heavy atom. The zero-order valence-electron chi connectivity index (χ0n) is 7.22. The molecule has 0 heterocycles. The number of carboxylic acid groups (broad SMARTS) is 1. The van der Waals surface area contributed by atoms with Gasteiger partial charge in [-0.2, -0.15) is 0 Å². The highest BCUT2D eigenvalue weighted by atomic mass is 79.9. The van der Waals surface area contributed by atoms with Crippen LogP contribution in [0.5, 0.6) is 0 Å². The van der Waals surface area contributed by atoms with E-state index in [1.54, 1.807) is 24.3 Å². The Labute approximate surface area is 89.5 Å². The van der Waals surface area contributed by atoms with E-state index in [1.807, 2.05) is 0 Å². The van der Waals surface area contributed by atoms with Crippen molar-refractivity contribution in [2.45, 2.75) is 12.1 Å². The van der Waals surface area contributed by atoms with E-state index in [9.17, 15) is 9.90 Å². The van der Waals surface area contributed by atoms with Crippen LogP contribution < -0.4 is 5.73 Å². The van der Waals surface area contributed by atoms with Gasteiger partial charge in [-0.25, -0.2) is 4.79 Å². The maximum atomic E-state index is 10.5. The van der Waals surface area contributed by atoms with Crippen LogP contribution in [-0.2, 0) is 4.79 Å². The van der Waals surface area contributed by atoms with Gasteiger partial charge in [0.1, 0.15) is 0 Å². The van der Waals surface area contributed by atoms with Crippen LogP contribution in [0.4, 0.5) is 0 Å². The number of aliphatic hydroxyl groups is 1. The molecule has 0 aromatic heterocycles. The van der Waals surface area contributed by atoms with E-state index in [-0.39, 0.29) is 0 Å². The van der Waals surface area contributed by atoms with Crippen molar-refractivity contribution >= 4 is 21.9 Å². The molecule has 1 aromatic rings. The normalized spacial score (nSPS) is 14.8. The first kappa shape index (κ1) is 11.2. The molecule has 14 heavy (non-hydrogen) atoms. The SMILES string of the molecule is NC(c1cccc(Br)c1)C(O)C(=O)O. The lowest BCUT2D eigenvalue weighted by Crippen LogP contribution is -2.33. The molecule has 0 aliphatic rings. The summed E-state index contributed by atoms with van der Waals surface area (Å²) in [6, 6.07) is 5.96. The molecule has 0 bridgehead atoms. The summed E-state index contributed by atoms with van der Waals surface area (Å²) in [7, 11) is 0. The van der Waals surface area contributed by atoms with Gasteiger partial charge in [-0.1, -0.05) is 28.1 Å². The van der Waals surface area contributed by atoms with Gasteiger partial charge in [-0.05, 0) is 17.7 Å². The zero-order valence-corrected chi connectivity index (χ0v) is 8.81. The Kier molecular flexibility index (Phi) is 3.62. The van der Waals surface area contributed by atoms with Gasteiger partial charge in [0.2, 0.25) is 0 Å². The molecule has 76 valence electrons. The molecule has 0 spiro atoms. The molecule has 0 saturated carbocycles. The van der Waals surface area contributed by atoms with E-state index in [0.29, 0.717) is 5.56 Å². The second-order valence-corrected chi connectivity index (χ2v) is 3.78. The average molecular weight is 260 g/mol. The quantitative estimate of drug-likeness (QED) is 0.753. The first-order chi connectivity index (χ1) is 6.52. The van der Waals surface area contributed by atoms with Crippen LogP contribution in [-0.4, -0.2) is 22.3 Å². The molecule has 1 aromatic carbocycles. The molecule has 0 radical (unpaired) electrons. The van der Waals surface area contributed by atoms with Gasteiger partial charge in [0.25, 0.3) is 0 Å². The maximum absolute atomic E-state index is 10.5. The molecule has 4 nitrogen and oxygen atoms in total. The standard InChI is InChI=1S/C9H10BrNO3/c10-6-3-1-2-5(4-6)7(11)8(12)9(13)14/h1-4,7-8,12H,11H2,(H,13,14). The molecular weight excluding hydrogens is 250 g/mol. The lowest BCUT2D eigenvalue weighted by atomic mass is 10.0. The van der Waals surface area contributed by atoms with E-state index in [4.69, 9.17) is 10.8 Å². The molecule has 0 aliphatic heterocycles. The number of carbonyl (C=O) groups is 1. The van der Waals surface area contributed by atoms with Crippen LogP contribution in [0.15, 0.2) is 28.7 Å². The number of aliphatic hydroxyl groups excluding tert-OH is 1. The van der Waals surface area contributed by atoms with Crippen molar-refractivity contribution in [1.29, 1.82) is 0 Å². The summed E-state index contributed by atoms with van der Waals surface area (Å²) in [5.74, 6) is -1.32. The van der Waals surface area contributed by atoms with Crippen LogP contribution in [0.25, 0.3) is 0 Å². The monoisotopic (exact) mass is 259 g/mol. The number of rotatable bonds is 3. The van der Waals surface area contributed by atoms with Crippen LogP contribution in [0.3, 0.4) is 0 Å². The van der Waals surface area contributed by atoms with Crippen molar-refractivity contribution in [1.82, 2.24) is 0 Å². The lowest BCUT2D eigenvalue weighted by molar-refractivity contribution is -0.147. The minimum atomic E-state index is -1.58. The minimum absolute atomic E-state index is 0.578. The highest BCUT2D eigenvalue weighted by molar-refractivity contribution is 9.10. The zero-order chi connectivity index (χ0) is 10.7. The third-order valence-corrected chi connectivity index (χ3v) is 2.32. The van der Waals surface area contributed by atoms with E-state index < -0.39 is 18.1 Å². The van der Waals surface area contributed by atoms with Crippen molar-refractivity contribution in [2.24, 2.45) is 5.73 Å². The predicted octanol–water partition coefficient (Wildman–Crippen LogP) is 0.894. The van der Waals surface area contributed by atoms with Crippen LogP contribution in [0, 0.1) is 0 Å². The predicted molar refractivity (Wildman–Crippen MR) is 54.7 cm³/mol. The van der Waals surface area contributed by atoms with Gasteiger partial charge >= 0.3 is 5.97 Å². The average Bonchev–Trinajstić information content (AvgIpc) is 2.15. The van der Waals surface area contributed by atoms with E-state index in [2.05, 4.69) is 15.9 Å². The van der Waals surface area contributed by atoms with Gasteiger partial charge in [-0.3, -0.25) is 0 Å². The van der Waals surface area contributed by atoms with E-state index >= 15 is 0 Å². The molecule has 1 rings (SSSR count). The Morgan fingerprint density at radius 2 is 2.14 bits per heavy atom. The smallest absolute Gasteiger partial charge is 0.334 e. The summed E-state index contributed by atoms with van der Waals surface area (Å²) in [4.78, 5) is 10.5. The van der Waals surface area contributed by atoms with Gasteiger partial charge in [0.05, 0.1) is 6.04 Å². The summed E-state index contributed by atoms with van der Waals surface area (Å²) in [6.45, 7) is 0. The van der Waals surface area contributed by atoms with Crippen LogP contribution in [0.2, 0.25) is 0 Å². The summed E-state index contributed by atoms with van der Waals surface area (Å²) in [6.07, 6.45) is -1.58. The number of nitrogens with two attached hydrogens (primary N) is 1. The maximum Gasteiger partial charge on any atom is 0.334 e. The van der Waals surface area contributed by atoms with Crippen molar-refractivity contribution < 1.29 is 15.0 Å². The number of hydrogen-bond donors (Lipinski definition) is 3. The second-order valence-electron chi connectivity index (χ2n) is 2.86. The molecule has 4 N–H and O–H groups in total. The van der Waals surface area contributed by atoms with E-state index in [0.717, 1.165) is 4.47 Å². The number of benzene rings is 1. The Bertz CT molecular complexity index is 343. The summed E-state index contributed by atoms with van der Waals surface area (Å²) in [5.41, 5.74) is 6.13. The van der Waals surface area contributed by atoms with Gasteiger partial charge in [0.15, 0.2) is 6.10 Å². The van der Waals surface area contributed by atoms with Gasteiger partial charge in [0, 0.05) is 4.47 Å². The van der Waals surface area contributed by atoms with Crippen LogP contribution >= 0.6 is 15.9 Å². The number of hydrogen-bond acceptors (Lipinski definition) is 3. The van der Waals surface area contributed by atoms with Gasteiger partial charge in [-0.15, -0.1) is 0 Å². The minimum Gasteiger partial charge on any atom is -0.479 e. The fraction of sp³-hybridized carbons (Fsp3) is 0.222. The summed E-state index contributed by atoms with van der Waals surface area (Å²) in [5, 5.41) is 17.7. The Balaban J connectivity index is 2.89. The highest BCUT2D eigenvalue weighted by Crippen LogP contribution is 2.19. The Morgan fingerprint density at radius 1 is 1.50 bits per heavy atom. The molecule has 0 amide bonds. The fourth-order valence-corrected chi connectivity index (χ4v) is 1.47. The summed E-state index contributed by atoms with van der Waals surface area (Å²) < 4.78 is 0.794. The van der Waals surface area contributed by atoms with Crippen LogP contribution in [0.1, 0.15) is 11.6 Å². The molecule has 5 heteroatoms. The van der Waals surface area contributed by atoms with Crippen molar-refractivity contribution in [3.05, 3.63) is 34.3 Å². The molecule has 2 unspecified atom stereocenters.